The van der Waals surface area contributed by atoms with Gasteiger partial charge in [0.15, 0.2) is 0 Å². The minimum absolute atomic E-state index is 0.112. The van der Waals surface area contributed by atoms with E-state index in [-0.39, 0.29) is 5.38 Å². The minimum Gasteiger partial charge on any atom is -0.381 e. The predicted molar refractivity (Wildman–Crippen MR) is 64.0 cm³/mol. The third-order valence-electron chi connectivity index (χ3n) is 2.63. The summed E-state index contributed by atoms with van der Waals surface area (Å²) in [5.41, 5.74) is 0.904. The summed E-state index contributed by atoms with van der Waals surface area (Å²) in [6.07, 6.45) is 0.983. The molecule has 2 atom stereocenters. The van der Waals surface area contributed by atoms with E-state index in [4.69, 9.17) is 39.5 Å². The smallest absolute Gasteiger partial charge is 0.0651 e. The van der Waals surface area contributed by atoms with Crippen LogP contribution in [0.5, 0.6) is 0 Å². The van der Waals surface area contributed by atoms with E-state index in [1.165, 1.54) is 0 Å². The Balaban J connectivity index is 2.23. The fraction of sp³-hybridized carbons (Fsp3) is 0.455. The maximum atomic E-state index is 6.37. The van der Waals surface area contributed by atoms with Crippen molar-refractivity contribution in [1.82, 2.24) is 0 Å². The van der Waals surface area contributed by atoms with Crippen LogP contribution in [0.3, 0.4) is 0 Å². The van der Waals surface area contributed by atoms with Gasteiger partial charge in [0.1, 0.15) is 0 Å². The molecule has 0 aromatic heterocycles. The third-order valence-corrected chi connectivity index (χ3v) is 3.80. The molecule has 0 amide bonds. The second-order valence-electron chi connectivity index (χ2n) is 3.69. The summed E-state index contributed by atoms with van der Waals surface area (Å²) in [7, 11) is 0. The highest BCUT2D eigenvalue weighted by Crippen LogP contribution is 2.38. The van der Waals surface area contributed by atoms with Crippen molar-refractivity contribution in [2.24, 2.45) is 5.92 Å². The van der Waals surface area contributed by atoms with Crippen LogP contribution >= 0.6 is 34.8 Å². The highest BCUT2D eigenvalue weighted by atomic mass is 35.5. The molecule has 0 spiro atoms. The maximum absolute atomic E-state index is 6.37. The first-order chi connectivity index (χ1) is 7.18. The molecule has 15 heavy (non-hydrogen) atoms. The first-order valence-electron chi connectivity index (χ1n) is 4.85. The van der Waals surface area contributed by atoms with Crippen LogP contribution in [0.15, 0.2) is 18.2 Å². The second-order valence-corrected chi connectivity index (χ2v) is 5.01. The second kappa shape index (κ2) is 4.92. The summed E-state index contributed by atoms with van der Waals surface area (Å²) >= 11 is 18.4. The van der Waals surface area contributed by atoms with Crippen molar-refractivity contribution in [2.75, 3.05) is 13.2 Å². The molecule has 1 heterocycles. The van der Waals surface area contributed by atoms with Crippen molar-refractivity contribution in [2.45, 2.75) is 11.8 Å². The Labute approximate surface area is 104 Å². The number of alkyl halides is 1. The van der Waals surface area contributed by atoms with Gasteiger partial charge in [0.2, 0.25) is 0 Å². The molecule has 82 valence electrons. The van der Waals surface area contributed by atoms with Gasteiger partial charge in [0, 0.05) is 22.6 Å². The molecule has 0 aliphatic carbocycles. The zero-order valence-electron chi connectivity index (χ0n) is 8.05. The summed E-state index contributed by atoms with van der Waals surface area (Å²) in [5.74, 6) is 0.336. The molecule has 0 bridgehead atoms. The molecule has 1 aliphatic heterocycles. The lowest BCUT2D eigenvalue weighted by molar-refractivity contribution is 0.185. The van der Waals surface area contributed by atoms with Gasteiger partial charge in [0.05, 0.1) is 12.0 Å². The van der Waals surface area contributed by atoms with Crippen LogP contribution in [0.25, 0.3) is 0 Å². The summed E-state index contributed by atoms with van der Waals surface area (Å²) in [4.78, 5) is 0. The number of hydrogen-bond acceptors (Lipinski definition) is 1. The van der Waals surface area contributed by atoms with E-state index in [0.717, 1.165) is 18.6 Å². The standard InChI is InChI=1S/C11H11Cl3O/c12-8-1-2-10(13)9(5-8)11(14)7-3-4-15-6-7/h1-2,5,7,11H,3-4,6H2. The van der Waals surface area contributed by atoms with Crippen molar-refractivity contribution >= 4 is 34.8 Å². The van der Waals surface area contributed by atoms with Gasteiger partial charge in [-0.1, -0.05) is 23.2 Å². The Morgan fingerprint density at radius 2 is 2.13 bits per heavy atom. The van der Waals surface area contributed by atoms with Crippen LogP contribution in [0.1, 0.15) is 17.4 Å². The molecule has 1 fully saturated rings. The highest BCUT2D eigenvalue weighted by Gasteiger charge is 2.26. The molecule has 0 N–H and O–H groups in total. The van der Waals surface area contributed by atoms with Gasteiger partial charge in [-0.2, -0.15) is 0 Å². The van der Waals surface area contributed by atoms with Crippen molar-refractivity contribution in [1.29, 1.82) is 0 Å². The molecule has 2 rings (SSSR count). The molecule has 0 saturated carbocycles. The molecule has 1 aromatic carbocycles. The monoisotopic (exact) mass is 264 g/mol. The van der Waals surface area contributed by atoms with Crippen LogP contribution in [-0.2, 0) is 4.74 Å². The lowest BCUT2D eigenvalue weighted by Gasteiger charge is -2.17. The molecule has 1 aromatic rings. The van der Waals surface area contributed by atoms with Gasteiger partial charge in [-0.05, 0) is 30.2 Å². The zero-order chi connectivity index (χ0) is 10.8. The third kappa shape index (κ3) is 2.59. The van der Waals surface area contributed by atoms with E-state index >= 15 is 0 Å². The van der Waals surface area contributed by atoms with E-state index in [1.807, 2.05) is 6.07 Å². The minimum atomic E-state index is -0.112. The fourth-order valence-electron chi connectivity index (χ4n) is 1.76. The Morgan fingerprint density at radius 3 is 2.80 bits per heavy atom. The van der Waals surface area contributed by atoms with Crippen molar-refractivity contribution in [3.63, 3.8) is 0 Å². The number of benzene rings is 1. The van der Waals surface area contributed by atoms with Gasteiger partial charge in [-0.15, -0.1) is 11.6 Å². The molecule has 0 radical (unpaired) electrons. The number of hydrogen-bond donors (Lipinski definition) is 0. The lowest BCUT2D eigenvalue weighted by Crippen LogP contribution is -2.08. The van der Waals surface area contributed by atoms with E-state index in [2.05, 4.69) is 0 Å². The molecule has 4 heteroatoms. The SMILES string of the molecule is Clc1ccc(Cl)c(C(Cl)C2CCOC2)c1. The number of halogens is 3. The summed E-state index contributed by atoms with van der Waals surface area (Å²) < 4.78 is 5.31. The zero-order valence-corrected chi connectivity index (χ0v) is 10.3. The fourth-order valence-corrected chi connectivity index (χ4v) is 2.61. The Hall–Kier alpha value is 0.0500. The average molecular weight is 266 g/mol. The van der Waals surface area contributed by atoms with Crippen LogP contribution in [0, 0.1) is 5.92 Å². The van der Waals surface area contributed by atoms with E-state index in [9.17, 15) is 0 Å². The molecular weight excluding hydrogens is 254 g/mol. The average Bonchev–Trinajstić information content (AvgIpc) is 2.74. The van der Waals surface area contributed by atoms with Gasteiger partial charge in [-0.25, -0.2) is 0 Å². The van der Waals surface area contributed by atoms with E-state index in [0.29, 0.717) is 22.6 Å². The Morgan fingerprint density at radius 1 is 1.33 bits per heavy atom. The molecule has 1 saturated heterocycles. The predicted octanol–water partition coefficient (Wildman–Crippen LogP) is 4.31. The first kappa shape index (κ1) is 11.5. The van der Waals surface area contributed by atoms with Gasteiger partial charge in [-0.3, -0.25) is 0 Å². The van der Waals surface area contributed by atoms with Crippen molar-refractivity contribution in [3.05, 3.63) is 33.8 Å². The Kier molecular flexibility index (Phi) is 3.78. The van der Waals surface area contributed by atoms with Crippen molar-refractivity contribution in [3.8, 4) is 0 Å². The first-order valence-corrected chi connectivity index (χ1v) is 6.04. The lowest BCUT2D eigenvalue weighted by atomic mass is 9.98. The van der Waals surface area contributed by atoms with Crippen LogP contribution in [0.2, 0.25) is 10.0 Å². The normalized spacial score (nSPS) is 23.0. The van der Waals surface area contributed by atoms with Crippen LogP contribution in [0.4, 0.5) is 0 Å². The largest absolute Gasteiger partial charge is 0.381 e. The quantitative estimate of drug-likeness (QED) is 0.724. The molecule has 2 unspecified atom stereocenters. The van der Waals surface area contributed by atoms with E-state index in [1.54, 1.807) is 12.1 Å². The molecular formula is C11H11Cl3O. The van der Waals surface area contributed by atoms with Gasteiger partial charge in [0.25, 0.3) is 0 Å². The molecule has 1 nitrogen and oxygen atoms in total. The topological polar surface area (TPSA) is 9.23 Å². The van der Waals surface area contributed by atoms with E-state index < -0.39 is 0 Å². The Bertz CT molecular complexity index is 348. The molecule has 1 aliphatic rings. The number of ether oxygens (including phenoxy) is 1. The van der Waals surface area contributed by atoms with Gasteiger partial charge < -0.3 is 4.74 Å². The maximum Gasteiger partial charge on any atom is 0.0651 e. The van der Waals surface area contributed by atoms with Crippen LogP contribution < -0.4 is 0 Å². The van der Waals surface area contributed by atoms with Gasteiger partial charge >= 0.3 is 0 Å². The summed E-state index contributed by atoms with van der Waals surface area (Å²) in [6.45, 7) is 1.49. The summed E-state index contributed by atoms with van der Waals surface area (Å²) in [6, 6.07) is 5.38. The highest BCUT2D eigenvalue weighted by molar-refractivity contribution is 6.34. The van der Waals surface area contributed by atoms with Crippen molar-refractivity contribution < 1.29 is 4.74 Å². The number of rotatable bonds is 2. The summed E-state index contributed by atoms with van der Waals surface area (Å²) in [5, 5.41) is 1.23. The van der Waals surface area contributed by atoms with Crippen LogP contribution in [-0.4, -0.2) is 13.2 Å².